The number of hydrogen-bond acceptors (Lipinski definition) is 5. The predicted octanol–water partition coefficient (Wildman–Crippen LogP) is 2.97. The minimum atomic E-state index is -0.300. The monoisotopic (exact) mass is 368 g/mol. The van der Waals surface area contributed by atoms with Crippen LogP contribution in [0.3, 0.4) is 0 Å². The van der Waals surface area contributed by atoms with E-state index in [9.17, 15) is 9.18 Å². The van der Waals surface area contributed by atoms with Gasteiger partial charge in [-0.05, 0) is 50.2 Å². The van der Waals surface area contributed by atoms with Gasteiger partial charge in [-0.25, -0.2) is 4.39 Å². The lowest BCUT2D eigenvalue weighted by Crippen LogP contribution is -2.39. The largest absolute Gasteiger partial charge is 0.360 e. The first kappa shape index (κ1) is 17.6. The lowest BCUT2D eigenvalue weighted by Gasteiger charge is -2.30. The van der Waals surface area contributed by atoms with E-state index in [0.717, 1.165) is 43.6 Å². The first-order chi connectivity index (χ1) is 13.2. The summed E-state index contributed by atoms with van der Waals surface area (Å²) in [5.74, 6) is 0.750. The maximum atomic E-state index is 13.3. The van der Waals surface area contributed by atoms with Gasteiger partial charge >= 0.3 is 0 Å². The van der Waals surface area contributed by atoms with Gasteiger partial charge in [-0.15, -0.1) is 0 Å². The fourth-order valence-corrected chi connectivity index (χ4v) is 3.58. The van der Waals surface area contributed by atoms with Crippen LogP contribution in [0.25, 0.3) is 10.9 Å². The van der Waals surface area contributed by atoms with Crippen molar-refractivity contribution < 1.29 is 13.7 Å². The molecule has 3 heterocycles. The minimum Gasteiger partial charge on any atom is -0.360 e. The molecule has 0 radical (unpaired) electrons. The molecule has 140 valence electrons. The zero-order valence-electron chi connectivity index (χ0n) is 14.9. The van der Waals surface area contributed by atoms with Crippen molar-refractivity contribution in [3.05, 3.63) is 59.9 Å². The van der Waals surface area contributed by atoms with Gasteiger partial charge in [-0.3, -0.25) is 9.78 Å². The Morgan fingerprint density at radius 2 is 2.15 bits per heavy atom. The van der Waals surface area contributed by atoms with E-state index in [1.807, 2.05) is 0 Å². The fourth-order valence-electron chi connectivity index (χ4n) is 3.58. The molecule has 3 aromatic rings. The molecule has 1 aliphatic heterocycles. The summed E-state index contributed by atoms with van der Waals surface area (Å²) in [6, 6.07) is 8.10. The van der Waals surface area contributed by atoms with Crippen LogP contribution >= 0.6 is 0 Å². The molecule has 27 heavy (non-hydrogen) atoms. The number of hydrogen-bond donors (Lipinski definition) is 1. The smallest absolute Gasteiger partial charge is 0.252 e. The number of carbonyl (C=O) groups excluding carboxylic acids is 1. The summed E-state index contributed by atoms with van der Waals surface area (Å²) in [5, 5.41) is 7.82. The minimum absolute atomic E-state index is 0.0988. The normalized spacial score (nSPS) is 15.9. The summed E-state index contributed by atoms with van der Waals surface area (Å²) < 4.78 is 18.8. The number of rotatable bonds is 5. The van der Waals surface area contributed by atoms with Crippen LogP contribution in [0.15, 0.2) is 47.2 Å². The lowest BCUT2D eigenvalue weighted by atomic mass is 9.92. The van der Waals surface area contributed by atoms with E-state index in [1.165, 1.54) is 12.1 Å². The quantitative estimate of drug-likeness (QED) is 0.750. The zero-order chi connectivity index (χ0) is 18.6. The summed E-state index contributed by atoms with van der Waals surface area (Å²) >= 11 is 0. The fraction of sp³-hybridized carbons (Fsp3) is 0.350. The van der Waals surface area contributed by atoms with E-state index in [1.54, 1.807) is 30.6 Å². The van der Waals surface area contributed by atoms with Gasteiger partial charge in [0.25, 0.3) is 5.91 Å². The van der Waals surface area contributed by atoms with Gasteiger partial charge in [0.15, 0.2) is 0 Å². The topological polar surface area (TPSA) is 71.3 Å². The van der Waals surface area contributed by atoms with Gasteiger partial charge in [0.05, 0.1) is 5.56 Å². The Hall–Kier alpha value is -2.80. The molecule has 2 aromatic heterocycles. The van der Waals surface area contributed by atoms with Crippen molar-refractivity contribution >= 4 is 16.8 Å². The van der Waals surface area contributed by atoms with Crippen molar-refractivity contribution in [3.8, 4) is 0 Å². The molecular weight excluding hydrogens is 347 g/mol. The van der Waals surface area contributed by atoms with Gasteiger partial charge in [-0.2, -0.15) is 0 Å². The second-order valence-electron chi connectivity index (χ2n) is 6.82. The molecule has 1 amide bonds. The number of carbonyl (C=O) groups is 1. The third kappa shape index (κ3) is 3.98. The molecule has 0 saturated carbocycles. The van der Waals surface area contributed by atoms with E-state index >= 15 is 0 Å². The summed E-state index contributed by atoms with van der Waals surface area (Å²) in [5.41, 5.74) is 1.15. The predicted molar refractivity (Wildman–Crippen MR) is 99.0 cm³/mol. The van der Waals surface area contributed by atoms with Crippen LogP contribution in [0.4, 0.5) is 4.39 Å². The van der Waals surface area contributed by atoms with Crippen LogP contribution in [0.5, 0.6) is 0 Å². The summed E-state index contributed by atoms with van der Waals surface area (Å²) in [7, 11) is 0. The summed E-state index contributed by atoms with van der Waals surface area (Å²) in [6.45, 7) is 3.26. The van der Waals surface area contributed by atoms with Gasteiger partial charge in [0.2, 0.25) is 0 Å². The van der Waals surface area contributed by atoms with Crippen LogP contribution in [-0.2, 0) is 0 Å². The molecule has 1 N–H and O–H groups in total. The highest BCUT2D eigenvalue weighted by Crippen LogP contribution is 2.33. The standard InChI is InChI=1S/C20H21FN4O2/c21-16-3-4-17-18(12-16)24-27-19(17)14-5-9-25(10-6-14)11-8-23-20(26)15-2-1-7-22-13-15/h1-4,7,12-14H,5-6,8-11H2,(H,23,26). The number of halogens is 1. The Kier molecular flexibility index (Phi) is 5.11. The Morgan fingerprint density at radius 3 is 2.93 bits per heavy atom. The van der Waals surface area contributed by atoms with Crippen LogP contribution in [0, 0.1) is 5.82 Å². The second kappa shape index (κ2) is 7.84. The molecule has 0 unspecified atom stereocenters. The van der Waals surface area contributed by atoms with E-state index < -0.39 is 0 Å². The third-order valence-corrected chi connectivity index (χ3v) is 5.06. The van der Waals surface area contributed by atoms with E-state index in [2.05, 4.69) is 20.4 Å². The van der Waals surface area contributed by atoms with Crippen molar-refractivity contribution in [3.63, 3.8) is 0 Å². The Balaban J connectivity index is 1.27. The van der Waals surface area contributed by atoms with Crippen molar-refractivity contribution in [1.82, 2.24) is 20.4 Å². The summed E-state index contributed by atoms with van der Waals surface area (Å²) in [4.78, 5) is 18.3. The van der Waals surface area contributed by atoms with E-state index in [4.69, 9.17) is 4.52 Å². The van der Waals surface area contributed by atoms with Crippen LogP contribution in [0.2, 0.25) is 0 Å². The molecule has 0 spiro atoms. The number of benzene rings is 1. The number of amides is 1. The van der Waals surface area contributed by atoms with Gasteiger partial charge in [0.1, 0.15) is 17.1 Å². The molecule has 7 heteroatoms. The van der Waals surface area contributed by atoms with Gasteiger partial charge < -0.3 is 14.7 Å². The first-order valence-corrected chi connectivity index (χ1v) is 9.16. The molecular formula is C20H21FN4O2. The van der Waals surface area contributed by atoms with Crippen molar-refractivity contribution in [1.29, 1.82) is 0 Å². The zero-order valence-corrected chi connectivity index (χ0v) is 14.9. The van der Waals surface area contributed by atoms with Crippen LogP contribution in [0.1, 0.15) is 34.9 Å². The highest BCUT2D eigenvalue weighted by atomic mass is 19.1. The number of aromatic nitrogens is 2. The summed E-state index contributed by atoms with van der Waals surface area (Å²) in [6.07, 6.45) is 5.13. The van der Waals surface area contributed by atoms with Crippen molar-refractivity contribution in [2.24, 2.45) is 0 Å². The maximum Gasteiger partial charge on any atom is 0.252 e. The Morgan fingerprint density at radius 1 is 1.30 bits per heavy atom. The SMILES string of the molecule is O=C(NCCN1CCC(c2onc3cc(F)ccc23)CC1)c1cccnc1. The Bertz CT molecular complexity index is 920. The molecule has 1 aliphatic rings. The number of piperidine rings is 1. The van der Waals surface area contributed by atoms with Gasteiger partial charge in [0, 0.05) is 42.9 Å². The molecule has 1 fully saturated rings. The molecule has 1 saturated heterocycles. The van der Waals surface area contributed by atoms with Gasteiger partial charge in [-0.1, -0.05) is 5.16 Å². The number of fused-ring (bicyclic) bond motifs is 1. The average molecular weight is 368 g/mol. The highest BCUT2D eigenvalue weighted by Gasteiger charge is 2.25. The molecule has 1 aromatic carbocycles. The number of nitrogens with zero attached hydrogens (tertiary/aromatic N) is 3. The first-order valence-electron chi connectivity index (χ1n) is 9.16. The number of nitrogens with one attached hydrogen (secondary N) is 1. The third-order valence-electron chi connectivity index (χ3n) is 5.06. The Labute approximate surface area is 156 Å². The molecule has 0 bridgehead atoms. The van der Waals surface area contributed by atoms with E-state index in [-0.39, 0.29) is 11.7 Å². The number of likely N-dealkylation sites (tertiary alicyclic amines) is 1. The second-order valence-corrected chi connectivity index (χ2v) is 6.82. The number of pyridine rings is 1. The average Bonchev–Trinajstić information content (AvgIpc) is 3.12. The van der Waals surface area contributed by atoms with Crippen LogP contribution in [-0.4, -0.2) is 47.1 Å². The van der Waals surface area contributed by atoms with E-state index in [0.29, 0.717) is 23.5 Å². The highest BCUT2D eigenvalue weighted by molar-refractivity contribution is 5.93. The lowest BCUT2D eigenvalue weighted by molar-refractivity contribution is 0.0945. The maximum absolute atomic E-state index is 13.3. The van der Waals surface area contributed by atoms with Crippen molar-refractivity contribution in [2.45, 2.75) is 18.8 Å². The molecule has 6 nitrogen and oxygen atoms in total. The molecule has 0 aliphatic carbocycles. The molecule has 4 rings (SSSR count). The van der Waals surface area contributed by atoms with Crippen molar-refractivity contribution in [2.75, 3.05) is 26.2 Å². The molecule has 0 atom stereocenters. The van der Waals surface area contributed by atoms with Crippen LogP contribution < -0.4 is 5.32 Å².